The van der Waals surface area contributed by atoms with Crippen molar-refractivity contribution in [3.05, 3.63) is 89.0 Å². The third kappa shape index (κ3) is 6.58. The topological polar surface area (TPSA) is 84.5 Å². The molecule has 0 saturated heterocycles. The molecule has 0 aromatic heterocycles. The van der Waals surface area contributed by atoms with Gasteiger partial charge in [0, 0.05) is 12.1 Å². The fraction of sp³-hybridized carbons (Fsp3) is 0.269. The molecular weight excluding hydrogens is 436 g/mol. The first-order valence-corrected chi connectivity index (χ1v) is 12.5. The van der Waals surface area contributed by atoms with Crippen LogP contribution >= 0.6 is 0 Å². The van der Waals surface area contributed by atoms with E-state index in [-0.39, 0.29) is 10.8 Å². The van der Waals surface area contributed by atoms with E-state index in [0.29, 0.717) is 24.4 Å². The van der Waals surface area contributed by atoms with Crippen LogP contribution in [-0.2, 0) is 16.4 Å². The number of nitrogens with one attached hydrogen (secondary N) is 2. The van der Waals surface area contributed by atoms with E-state index in [1.165, 1.54) is 0 Å². The van der Waals surface area contributed by atoms with Crippen molar-refractivity contribution in [3.63, 3.8) is 0 Å². The Kier molecular flexibility index (Phi) is 8.11. The molecule has 0 aliphatic carbocycles. The number of anilines is 1. The van der Waals surface area contributed by atoms with E-state index < -0.39 is 10.0 Å². The second-order valence-corrected chi connectivity index (χ2v) is 9.53. The lowest BCUT2D eigenvalue weighted by molar-refractivity contribution is 0.0953. The van der Waals surface area contributed by atoms with Gasteiger partial charge in [0.05, 0.1) is 17.2 Å². The zero-order valence-corrected chi connectivity index (χ0v) is 20.0. The van der Waals surface area contributed by atoms with Crippen LogP contribution in [0.5, 0.6) is 5.75 Å². The van der Waals surface area contributed by atoms with Crippen LogP contribution in [0.15, 0.2) is 71.6 Å². The van der Waals surface area contributed by atoms with Crippen molar-refractivity contribution in [1.82, 2.24) is 5.32 Å². The van der Waals surface area contributed by atoms with Crippen LogP contribution in [0.4, 0.5) is 5.69 Å². The summed E-state index contributed by atoms with van der Waals surface area (Å²) in [5, 5.41) is 2.91. The van der Waals surface area contributed by atoms with Crippen molar-refractivity contribution in [2.24, 2.45) is 0 Å². The monoisotopic (exact) mass is 466 g/mol. The summed E-state index contributed by atoms with van der Waals surface area (Å²) in [6, 6.07) is 19.5. The lowest BCUT2D eigenvalue weighted by atomic mass is 10.1. The molecule has 3 aromatic rings. The number of carbonyl (C=O) groups is 1. The molecule has 7 heteroatoms. The van der Waals surface area contributed by atoms with Crippen molar-refractivity contribution < 1.29 is 17.9 Å². The first-order valence-electron chi connectivity index (χ1n) is 11.0. The first kappa shape index (κ1) is 24.3. The minimum Gasteiger partial charge on any atom is -0.494 e. The smallest absolute Gasteiger partial charge is 0.261 e. The third-order valence-electron chi connectivity index (χ3n) is 5.26. The predicted molar refractivity (Wildman–Crippen MR) is 131 cm³/mol. The van der Waals surface area contributed by atoms with Gasteiger partial charge in [-0.1, -0.05) is 42.0 Å². The normalized spacial score (nSPS) is 11.1. The minimum absolute atomic E-state index is 0.176. The molecule has 6 nitrogen and oxygen atoms in total. The Labute approximate surface area is 196 Å². The van der Waals surface area contributed by atoms with E-state index in [1.54, 1.807) is 49.4 Å². The van der Waals surface area contributed by atoms with Crippen LogP contribution < -0.4 is 14.8 Å². The van der Waals surface area contributed by atoms with Gasteiger partial charge in [-0.2, -0.15) is 0 Å². The maximum absolute atomic E-state index is 12.7. The lowest BCUT2D eigenvalue weighted by Gasteiger charge is -2.13. The first-order chi connectivity index (χ1) is 15.8. The van der Waals surface area contributed by atoms with Crippen molar-refractivity contribution in [2.75, 3.05) is 17.9 Å². The minimum atomic E-state index is -3.75. The number of aryl methyl sites for hydroxylation is 3. The zero-order chi connectivity index (χ0) is 23.8. The van der Waals surface area contributed by atoms with Gasteiger partial charge in [0.2, 0.25) is 0 Å². The van der Waals surface area contributed by atoms with Gasteiger partial charge in [-0.3, -0.25) is 9.52 Å². The number of hydrogen-bond acceptors (Lipinski definition) is 4. The van der Waals surface area contributed by atoms with E-state index in [1.807, 2.05) is 38.1 Å². The largest absolute Gasteiger partial charge is 0.494 e. The number of para-hydroxylation sites is 1. The molecule has 0 radical (unpaired) electrons. The number of carbonyl (C=O) groups excluding carboxylic acids is 1. The molecule has 0 aliphatic rings. The molecule has 0 aliphatic heterocycles. The van der Waals surface area contributed by atoms with Crippen LogP contribution in [0.2, 0.25) is 0 Å². The highest BCUT2D eigenvalue weighted by Crippen LogP contribution is 2.22. The Balaban J connectivity index is 1.62. The molecule has 3 rings (SSSR count). The van der Waals surface area contributed by atoms with Crippen LogP contribution in [0.25, 0.3) is 0 Å². The fourth-order valence-electron chi connectivity index (χ4n) is 3.38. The van der Waals surface area contributed by atoms with Gasteiger partial charge in [0.15, 0.2) is 0 Å². The van der Waals surface area contributed by atoms with E-state index >= 15 is 0 Å². The quantitative estimate of drug-likeness (QED) is 0.418. The molecule has 1 amide bonds. The average Bonchev–Trinajstić information content (AvgIpc) is 2.79. The number of rotatable bonds is 10. The molecule has 0 saturated carbocycles. The van der Waals surface area contributed by atoms with Crippen LogP contribution in [0, 0.1) is 13.8 Å². The highest BCUT2D eigenvalue weighted by Gasteiger charge is 2.16. The Morgan fingerprint density at radius 1 is 0.970 bits per heavy atom. The molecule has 0 spiro atoms. The van der Waals surface area contributed by atoms with Gasteiger partial charge in [-0.15, -0.1) is 0 Å². The Bertz CT molecular complexity index is 1210. The maximum atomic E-state index is 12.7. The van der Waals surface area contributed by atoms with Crippen molar-refractivity contribution in [2.45, 2.75) is 38.5 Å². The summed E-state index contributed by atoms with van der Waals surface area (Å²) >= 11 is 0. The fourth-order valence-corrected chi connectivity index (χ4v) is 4.51. The molecular formula is C26H30N2O4S. The molecule has 0 fully saturated rings. The number of benzene rings is 3. The molecule has 0 unspecified atom stereocenters. The highest BCUT2D eigenvalue weighted by atomic mass is 32.2. The van der Waals surface area contributed by atoms with Crippen LogP contribution in [-0.4, -0.2) is 27.5 Å². The standard InChI is InChI=1S/C26H30N2O4S/c1-4-32-25-10-6-5-8-21(25)9-7-17-27-26(29)22-14-13-20(3)24(18-22)28-33(30,31)23-15-11-19(2)12-16-23/h5-6,8,10-16,18,28H,4,7,9,17H2,1-3H3,(H,27,29). The second-order valence-electron chi connectivity index (χ2n) is 7.85. The van der Waals surface area contributed by atoms with E-state index in [4.69, 9.17) is 4.74 Å². The van der Waals surface area contributed by atoms with Crippen molar-refractivity contribution in [3.8, 4) is 5.75 Å². The Morgan fingerprint density at radius 2 is 1.70 bits per heavy atom. The lowest BCUT2D eigenvalue weighted by Crippen LogP contribution is -2.25. The van der Waals surface area contributed by atoms with E-state index in [2.05, 4.69) is 10.0 Å². The molecule has 3 aromatic carbocycles. The molecule has 0 bridgehead atoms. The molecule has 0 heterocycles. The Morgan fingerprint density at radius 3 is 2.42 bits per heavy atom. The number of sulfonamides is 1. The second kappa shape index (κ2) is 11.0. The zero-order valence-electron chi connectivity index (χ0n) is 19.2. The van der Waals surface area contributed by atoms with Crippen LogP contribution in [0.1, 0.15) is 40.4 Å². The van der Waals surface area contributed by atoms with Crippen molar-refractivity contribution >= 4 is 21.6 Å². The van der Waals surface area contributed by atoms with Gasteiger partial charge in [-0.25, -0.2) is 8.42 Å². The predicted octanol–water partition coefficient (Wildman–Crippen LogP) is 4.87. The summed E-state index contributed by atoms with van der Waals surface area (Å²) in [4.78, 5) is 12.8. The summed E-state index contributed by atoms with van der Waals surface area (Å²) in [6.45, 7) is 6.75. The Hall–Kier alpha value is -3.32. The summed E-state index contributed by atoms with van der Waals surface area (Å²) in [5.74, 6) is 0.624. The molecule has 33 heavy (non-hydrogen) atoms. The summed E-state index contributed by atoms with van der Waals surface area (Å²) in [6.07, 6.45) is 1.54. The van der Waals surface area contributed by atoms with Gasteiger partial charge in [-0.05, 0) is 75.1 Å². The van der Waals surface area contributed by atoms with E-state index in [9.17, 15) is 13.2 Å². The van der Waals surface area contributed by atoms with Crippen molar-refractivity contribution in [1.29, 1.82) is 0 Å². The average molecular weight is 467 g/mol. The number of hydrogen-bond donors (Lipinski definition) is 2. The third-order valence-corrected chi connectivity index (χ3v) is 6.64. The highest BCUT2D eigenvalue weighted by molar-refractivity contribution is 7.92. The summed E-state index contributed by atoms with van der Waals surface area (Å²) in [7, 11) is -3.75. The molecule has 174 valence electrons. The van der Waals surface area contributed by atoms with Gasteiger partial charge >= 0.3 is 0 Å². The van der Waals surface area contributed by atoms with Gasteiger partial charge in [0.1, 0.15) is 5.75 Å². The summed E-state index contributed by atoms with van der Waals surface area (Å²) in [5.41, 5.74) is 3.60. The van der Waals surface area contributed by atoms with Gasteiger partial charge < -0.3 is 10.1 Å². The SMILES string of the molecule is CCOc1ccccc1CCCNC(=O)c1ccc(C)c(NS(=O)(=O)c2ccc(C)cc2)c1. The molecule has 0 atom stereocenters. The van der Waals surface area contributed by atoms with E-state index in [0.717, 1.165) is 35.3 Å². The van der Waals surface area contributed by atoms with Gasteiger partial charge in [0.25, 0.3) is 15.9 Å². The van der Waals surface area contributed by atoms with Crippen LogP contribution in [0.3, 0.4) is 0 Å². The number of ether oxygens (including phenoxy) is 1. The maximum Gasteiger partial charge on any atom is 0.261 e. The molecule has 2 N–H and O–H groups in total. The number of amides is 1. The summed E-state index contributed by atoms with van der Waals surface area (Å²) < 4.78 is 33.7.